The van der Waals surface area contributed by atoms with Crippen LogP contribution in [0, 0.1) is 0 Å². The minimum Gasteiger partial charge on any atom is -0.497 e. The Kier molecular flexibility index (Phi) is 5.46. The van der Waals surface area contributed by atoms with E-state index in [0.717, 1.165) is 0 Å². The summed E-state index contributed by atoms with van der Waals surface area (Å²) in [6.07, 6.45) is 1.34. The van der Waals surface area contributed by atoms with E-state index in [0.29, 0.717) is 22.1 Å². The molecule has 0 fully saturated rings. The Hall–Kier alpha value is -2.25. The van der Waals surface area contributed by atoms with Crippen molar-refractivity contribution < 1.29 is 17.9 Å². The van der Waals surface area contributed by atoms with Gasteiger partial charge >= 0.3 is 0 Å². The zero-order valence-electron chi connectivity index (χ0n) is 12.5. The average molecular weight is 355 g/mol. The van der Waals surface area contributed by atoms with Gasteiger partial charge in [-0.3, -0.25) is 0 Å². The van der Waals surface area contributed by atoms with Crippen molar-refractivity contribution in [2.24, 2.45) is 5.10 Å². The number of nitrogens with zero attached hydrogens (tertiary/aromatic N) is 1. The molecule has 0 bridgehead atoms. The van der Waals surface area contributed by atoms with Gasteiger partial charge < -0.3 is 9.47 Å². The van der Waals surface area contributed by atoms with Crippen molar-refractivity contribution in [3.63, 3.8) is 0 Å². The first kappa shape index (κ1) is 17.1. The molecule has 6 nitrogen and oxygen atoms in total. The van der Waals surface area contributed by atoms with E-state index in [1.807, 2.05) is 0 Å². The van der Waals surface area contributed by atoms with E-state index in [4.69, 9.17) is 21.1 Å². The summed E-state index contributed by atoms with van der Waals surface area (Å²) in [6, 6.07) is 10.9. The summed E-state index contributed by atoms with van der Waals surface area (Å²) in [6.45, 7) is 0. The van der Waals surface area contributed by atoms with Gasteiger partial charge in [-0.05, 0) is 42.5 Å². The second-order valence-corrected chi connectivity index (χ2v) is 6.51. The van der Waals surface area contributed by atoms with Crippen LogP contribution in [0.25, 0.3) is 0 Å². The van der Waals surface area contributed by atoms with Crippen LogP contribution in [0.15, 0.2) is 52.5 Å². The molecule has 0 heterocycles. The third-order valence-corrected chi connectivity index (χ3v) is 4.43. The van der Waals surface area contributed by atoms with Crippen LogP contribution in [-0.2, 0) is 10.0 Å². The van der Waals surface area contributed by atoms with Crippen molar-refractivity contribution in [1.29, 1.82) is 0 Å². The predicted molar refractivity (Wildman–Crippen MR) is 88.9 cm³/mol. The normalized spacial score (nSPS) is 11.4. The third kappa shape index (κ3) is 4.37. The van der Waals surface area contributed by atoms with Crippen LogP contribution >= 0.6 is 11.6 Å². The van der Waals surface area contributed by atoms with E-state index in [1.165, 1.54) is 44.7 Å². The summed E-state index contributed by atoms with van der Waals surface area (Å²) >= 11 is 5.74. The number of rotatable bonds is 6. The van der Waals surface area contributed by atoms with Gasteiger partial charge in [-0.15, -0.1) is 0 Å². The molecule has 8 heteroatoms. The molecule has 0 spiro atoms. The maximum absolute atomic E-state index is 12.1. The SMILES string of the molecule is COc1ccc(OC)c(/C=N\NS(=O)(=O)c2ccc(Cl)cc2)c1. The van der Waals surface area contributed by atoms with Gasteiger partial charge in [0, 0.05) is 10.6 Å². The molecule has 2 rings (SSSR count). The van der Waals surface area contributed by atoms with Gasteiger partial charge in [0.25, 0.3) is 10.0 Å². The second-order valence-electron chi connectivity index (χ2n) is 4.41. The minimum atomic E-state index is -3.76. The van der Waals surface area contributed by atoms with E-state index in [-0.39, 0.29) is 4.90 Å². The highest BCUT2D eigenvalue weighted by Gasteiger charge is 2.12. The first-order chi connectivity index (χ1) is 11.0. The number of sulfonamides is 1. The fourth-order valence-electron chi connectivity index (χ4n) is 1.77. The molecule has 0 saturated heterocycles. The summed E-state index contributed by atoms with van der Waals surface area (Å²) in [5, 5.41) is 4.22. The fraction of sp³-hybridized carbons (Fsp3) is 0.133. The van der Waals surface area contributed by atoms with Gasteiger partial charge in [-0.1, -0.05) is 11.6 Å². The molecular formula is C15H15ClN2O4S. The van der Waals surface area contributed by atoms with E-state index >= 15 is 0 Å². The maximum Gasteiger partial charge on any atom is 0.276 e. The summed E-state index contributed by atoms with van der Waals surface area (Å²) < 4.78 is 34.5. The first-order valence-electron chi connectivity index (χ1n) is 6.49. The van der Waals surface area contributed by atoms with Crippen molar-refractivity contribution in [3.05, 3.63) is 53.1 Å². The molecule has 2 aromatic rings. The van der Waals surface area contributed by atoms with Gasteiger partial charge in [0.2, 0.25) is 0 Å². The van der Waals surface area contributed by atoms with Gasteiger partial charge in [0.05, 0.1) is 25.3 Å². The van der Waals surface area contributed by atoms with Gasteiger partial charge in [0.15, 0.2) is 0 Å². The number of benzene rings is 2. The quantitative estimate of drug-likeness (QED) is 0.639. The molecule has 0 saturated carbocycles. The van der Waals surface area contributed by atoms with E-state index in [9.17, 15) is 8.42 Å². The highest BCUT2D eigenvalue weighted by atomic mass is 35.5. The minimum absolute atomic E-state index is 0.0663. The summed E-state index contributed by atoms with van der Waals surface area (Å²) in [7, 11) is -0.716. The molecule has 0 aromatic heterocycles. The Morgan fingerprint density at radius 2 is 1.78 bits per heavy atom. The Labute approximate surface area is 139 Å². The lowest BCUT2D eigenvalue weighted by Gasteiger charge is -2.07. The first-order valence-corrected chi connectivity index (χ1v) is 8.35. The highest BCUT2D eigenvalue weighted by molar-refractivity contribution is 7.89. The van der Waals surface area contributed by atoms with Gasteiger partial charge in [-0.2, -0.15) is 13.5 Å². The zero-order chi connectivity index (χ0) is 16.9. The third-order valence-electron chi connectivity index (χ3n) is 2.94. The number of ether oxygens (including phenoxy) is 2. The van der Waals surface area contributed by atoms with Crippen molar-refractivity contribution in [1.82, 2.24) is 4.83 Å². The molecular weight excluding hydrogens is 340 g/mol. The molecule has 122 valence electrons. The van der Waals surface area contributed by atoms with Crippen LogP contribution in [0.3, 0.4) is 0 Å². The number of halogens is 1. The molecule has 0 aliphatic rings. The Balaban J connectivity index is 2.19. The number of hydrogen-bond acceptors (Lipinski definition) is 5. The largest absolute Gasteiger partial charge is 0.497 e. The van der Waals surface area contributed by atoms with Crippen LogP contribution in [0.4, 0.5) is 0 Å². The fourth-order valence-corrected chi connectivity index (χ4v) is 2.69. The predicted octanol–water partition coefficient (Wildman–Crippen LogP) is 2.67. The average Bonchev–Trinajstić information content (AvgIpc) is 2.55. The Morgan fingerprint density at radius 1 is 1.09 bits per heavy atom. The van der Waals surface area contributed by atoms with Crippen molar-refractivity contribution in [2.45, 2.75) is 4.90 Å². The van der Waals surface area contributed by atoms with Crippen molar-refractivity contribution >= 4 is 27.8 Å². The summed E-state index contributed by atoms with van der Waals surface area (Å²) in [4.78, 5) is 2.20. The molecule has 0 aliphatic carbocycles. The molecule has 23 heavy (non-hydrogen) atoms. The maximum atomic E-state index is 12.1. The molecule has 0 radical (unpaired) electrons. The van der Waals surface area contributed by atoms with Crippen LogP contribution in [0.5, 0.6) is 11.5 Å². The number of nitrogens with one attached hydrogen (secondary N) is 1. The standard InChI is InChI=1S/C15H15ClN2O4S/c1-21-13-5-8-15(22-2)11(9-13)10-17-18-23(19,20)14-6-3-12(16)4-7-14/h3-10,18H,1-2H3/b17-10-. The highest BCUT2D eigenvalue weighted by Crippen LogP contribution is 2.22. The molecule has 1 N–H and O–H groups in total. The lowest BCUT2D eigenvalue weighted by molar-refractivity contribution is 0.402. The lowest BCUT2D eigenvalue weighted by Crippen LogP contribution is -2.18. The van der Waals surface area contributed by atoms with E-state index in [2.05, 4.69) is 9.93 Å². The van der Waals surface area contributed by atoms with Crippen LogP contribution in [0.1, 0.15) is 5.56 Å². The number of methoxy groups -OCH3 is 2. The van der Waals surface area contributed by atoms with E-state index in [1.54, 1.807) is 18.2 Å². The molecule has 0 unspecified atom stereocenters. The van der Waals surface area contributed by atoms with Crippen LogP contribution < -0.4 is 14.3 Å². The molecule has 0 aliphatic heterocycles. The Morgan fingerprint density at radius 3 is 2.39 bits per heavy atom. The van der Waals surface area contributed by atoms with Crippen LogP contribution in [-0.4, -0.2) is 28.9 Å². The Bertz CT molecular complexity index is 805. The van der Waals surface area contributed by atoms with Crippen LogP contribution in [0.2, 0.25) is 5.02 Å². The second kappa shape index (κ2) is 7.34. The van der Waals surface area contributed by atoms with Gasteiger partial charge in [0.1, 0.15) is 11.5 Å². The lowest BCUT2D eigenvalue weighted by atomic mass is 10.2. The molecule has 2 aromatic carbocycles. The number of hydrogen-bond donors (Lipinski definition) is 1. The van der Waals surface area contributed by atoms with Gasteiger partial charge in [-0.25, -0.2) is 4.83 Å². The monoisotopic (exact) mass is 354 g/mol. The molecule has 0 amide bonds. The topological polar surface area (TPSA) is 77.0 Å². The smallest absolute Gasteiger partial charge is 0.276 e. The summed E-state index contributed by atoms with van der Waals surface area (Å²) in [5.74, 6) is 1.15. The van der Waals surface area contributed by atoms with Crippen molar-refractivity contribution in [3.8, 4) is 11.5 Å². The van der Waals surface area contributed by atoms with Crippen molar-refractivity contribution in [2.75, 3.05) is 14.2 Å². The molecule has 0 atom stereocenters. The number of hydrazone groups is 1. The summed E-state index contributed by atoms with van der Waals surface area (Å²) in [5.41, 5.74) is 0.575. The zero-order valence-corrected chi connectivity index (χ0v) is 14.1. The van der Waals surface area contributed by atoms with E-state index < -0.39 is 10.0 Å².